The molecule has 2 heterocycles. The molecule has 3 aromatic rings. The smallest absolute Gasteiger partial charge is 0.338 e. The highest BCUT2D eigenvalue weighted by Crippen LogP contribution is 2.29. The number of aryl methyl sites for hydroxylation is 1. The largest absolute Gasteiger partial charge is 0.416 e. The zero-order valence-corrected chi connectivity index (χ0v) is 16.4. The Morgan fingerprint density at radius 2 is 1.57 bits per heavy atom. The Morgan fingerprint density at radius 3 is 2.17 bits per heavy atom. The minimum atomic E-state index is -4.41. The maximum atomic E-state index is 12.7. The zero-order valence-electron chi connectivity index (χ0n) is 16.4. The second kappa shape index (κ2) is 7.85. The van der Waals surface area contributed by atoms with Gasteiger partial charge in [-0.2, -0.15) is 13.2 Å². The van der Waals surface area contributed by atoms with Crippen molar-refractivity contribution in [1.82, 2.24) is 14.5 Å². The van der Waals surface area contributed by atoms with E-state index < -0.39 is 11.7 Å². The number of piperazine rings is 1. The molecule has 156 valence electrons. The van der Waals surface area contributed by atoms with Gasteiger partial charge in [0.05, 0.1) is 5.56 Å². The number of carbonyl (C=O) groups is 1. The second-order valence-corrected chi connectivity index (χ2v) is 7.29. The average molecular weight is 414 g/mol. The van der Waals surface area contributed by atoms with Crippen LogP contribution in [0.5, 0.6) is 0 Å². The number of nitrogens with zero attached hydrogens (tertiary/aromatic N) is 4. The number of aromatic nitrogens is 2. The van der Waals surface area contributed by atoms with Crippen LogP contribution in [-0.2, 0) is 6.18 Å². The number of hydrogen-bond acceptors (Lipinski definition) is 3. The molecule has 1 aromatic heterocycles. The van der Waals surface area contributed by atoms with Crippen LogP contribution >= 0.6 is 0 Å². The Balaban J connectivity index is 1.43. The third kappa shape index (κ3) is 4.03. The van der Waals surface area contributed by atoms with E-state index in [1.165, 1.54) is 17.7 Å². The highest BCUT2D eigenvalue weighted by molar-refractivity contribution is 5.94. The lowest BCUT2D eigenvalue weighted by Gasteiger charge is -2.35. The molecule has 0 spiro atoms. The van der Waals surface area contributed by atoms with Crippen molar-refractivity contribution in [1.29, 1.82) is 0 Å². The van der Waals surface area contributed by atoms with Gasteiger partial charge in [0.2, 0.25) is 5.95 Å². The average Bonchev–Trinajstić information content (AvgIpc) is 3.23. The van der Waals surface area contributed by atoms with Crippen molar-refractivity contribution in [3.05, 3.63) is 77.6 Å². The fourth-order valence-corrected chi connectivity index (χ4v) is 3.53. The molecule has 1 aliphatic heterocycles. The first-order valence-electron chi connectivity index (χ1n) is 9.65. The SMILES string of the molecule is Cc1ccc(-n2ccnc2N2CCN(C(=O)c3ccc(C(F)(F)F)cc3)CC2)cc1. The van der Waals surface area contributed by atoms with Crippen molar-refractivity contribution < 1.29 is 18.0 Å². The minimum absolute atomic E-state index is 0.259. The fourth-order valence-electron chi connectivity index (χ4n) is 3.53. The van der Waals surface area contributed by atoms with E-state index in [9.17, 15) is 18.0 Å². The van der Waals surface area contributed by atoms with Crippen molar-refractivity contribution in [3.63, 3.8) is 0 Å². The van der Waals surface area contributed by atoms with Crippen molar-refractivity contribution in [2.24, 2.45) is 0 Å². The van der Waals surface area contributed by atoms with Crippen LogP contribution < -0.4 is 4.90 Å². The number of hydrogen-bond donors (Lipinski definition) is 0. The van der Waals surface area contributed by atoms with Crippen LogP contribution in [-0.4, -0.2) is 46.5 Å². The van der Waals surface area contributed by atoms with E-state index in [4.69, 9.17) is 0 Å². The summed E-state index contributed by atoms with van der Waals surface area (Å²) in [5.74, 6) is 0.547. The van der Waals surface area contributed by atoms with E-state index in [0.29, 0.717) is 26.2 Å². The van der Waals surface area contributed by atoms with Crippen LogP contribution in [0.3, 0.4) is 0 Å². The molecule has 0 radical (unpaired) electrons. The predicted octanol–water partition coefficient (Wildman–Crippen LogP) is 4.16. The van der Waals surface area contributed by atoms with Gasteiger partial charge in [0, 0.05) is 49.8 Å². The molecular weight excluding hydrogens is 393 g/mol. The maximum Gasteiger partial charge on any atom is 0.416 e. The normalized spacial score (nSPS) is 14.8. The molecule has 1 saturated heterocycles. The first-order chi connectivity index (χ1) is 14.3. The quantitative estimate of drug-likeness (QED) is 0.646. The lowest BCUT2D eigenvalue weighted by atomic mass is 10.1. The van der Waals surface area contributed by atoms with Gasteiger partial charge in [-0.15, -0.1) is 0 Å². The van der Waals surface area contributed by atoms with E-state index in [0.717, 1.165) is 23.8 Å². The van der Waals surface area contributed by atoms with Crippen molar-refractivity contribution in [3.8, 4) is 5.69 Å². The van der Waals surface area contributed by atoms with Crippen LogP contribution in [0.15, 0.2) is 60.9 Å². The third-order valence-corrected chi connectivity index (χ3v) is 5.24. The molecule has 0 bridgehead atoms. The summed E-state index contributed by atoms with van der Waals surface area (Å²) >= 11 is 0. The number of halogens is 3. The standard InChI is InChI=1S/C22H21F3N4O/c1-16-2-8-19(9-3-16)29-11-10-26-21(29)28-14-12-27(13-15-28)20(30)17-4-6-18(7-5-17)22(23,24)25/h2-11H,12-15H2,1H3. The fraction of sp³-hybridized carbons (Fsp3) is 0.273. The van der Waals surface area contributed by atoms with Gasteiger partial charge in [0.15, 0.2) is 0 Å². The van der Waals surface area contributed by atoms with E-state index in [1.807, 2.05) is 42.0 Å². The van der Waals surface area contributed by atoms with Gasteiger partial charge in [-0.1, -0.05) is 17.7 Å². The molecule has 0 saturated carbocycles. The van der Waals surface area contributed by atoms with E-state index in [2.05, 4.69) is 9.88 Å². The molecule has 1 aliphatic rings. The molecule has 4 rings (SSSR count). The Kier molecular flexibility index (Phi) is 5.24. The molecule has 2 aromatic carbocycles. The number of carbonyl (C=O) groups excluding carboxylic acids is 1. The van der Waals surface area contributed by atoms with Crippen LogP contribution in [0, 0.1) is 6.92 Å². The van der Waals surface area contributed by atoms with Crippen LogP contribution in [0.25, 0.3) is 5.69 Å². The minimum Gasteiger partial charge on any atom is -0.338 e. The summed E-state index contributed by atoms with van der Waals surface area (Å²) in [4.78, 5) is 20.9. The molecule has 1 fully saturated rings. The molecule has 5 nitrogen and oxygen atoms in total. The molecule has 0 N–H and O–H groups in total. The third-order valence-electron chi connectivity index (χ3n) is 5.24. The molecule has 0 atom stereocenters. The Labute approximate surface area is 172 Å². The molecular formula is C22H21F3N4O. The van der Waals surface area contributed by atoms with Gasteiger partial charge in [-0.3, -0.25) is 9.36 Å². The monoisotopic (exact) mass is 414 g/mol. The predicted molar refractivity (Wildman–Crippen MR) is 108 cm³/mol. The highest BCUT2D eigenvalue weighted by Gasteiger charge is 2.31. The van der Waals surface area contributed by atoms with Crippen molar-refractivity contribution in [2.75, 3.05) is 31.1 Å². The Bertz CT molecular complexity index is 1020. The maximum absolute atomic E-state index is 12.7. The first kappa shape index (κ1) is 20.0. The molecule has 30 heavy (non-hydrogen) atoms. The van der Waals surface area contributed by atoms with Crippen molar-refractivity contribution >= 4 is 11.9 Å². The van der Waals surface area contributed by atoms with Gasteiger partial charge in [-0.05, 0) is 43.3 Å². The van der Waals surface area contributed by atoms with E-state index in [-0.39, 0.29) is 11.5 Å². The van der Waals surface area contributed by atoms with Gasteiger partial charge in [0.25, 0.3) is 5.91 Å². The lowest BCUT2D eigenvalue weighted by molar-refractivity contribution is -0.137. The molecule has 0 aliphatic carbocycles. The van der Waals surface area contributed by atoms with Gasteiger partial charge < -0.3 is 9.80 Å². The molecule has 1 amide bonds. The zero-order chi connectivity index (χ0) is 21.3. The van der Waals surface area contributed by atoms with Crippen LogP contribution in [0.2, 0.25) is 0 Å². The first-order valence-corrected chi connectivity index (χ1v) is 9.65. The lowest BCUT2D eigenvalue weighted by Crippen LogP contribution is -2.49. The van der Waals surface area contributed by atoms with Crippen LogP contribution in [0.1, 0.15) is 21.5 Å². The number of amides is 1. The van der Waals surface area contributed by atoms with Crippen LogP contribution in [0.4, 0.5) is 19.1 Å². The topological polar surface area (TPSA) is 41.4 Å². The summed E-state index contributed by atoms with van der Waals surface area (Å²) in [6.07, 6.45) is -0.763. The van der Waals surface area contributed by atoms with Gasteiger partial charge in [-0.25, -0.2) is 4.98 Å². The number of benzene rings is 2. The number of rotatable bonds is 3. The second-order valence-electron chi connectivity index (χ2n) is 7.29. The summed E-state index contributed by atoms with van der Waals surface area (Å²) in [6, 6.07) is 12.5. The summed E-state index contributed by atoms with van der Waals surface area (Å²) in [6.45, 7) is 4.16. The van der Waals surface area contributed by atoms with Crippen molar-refractivity contribution in [2.45, 2.75) is 13.1 Å². The Morgan fingerprint density at radius 1 is 0.933 bits per heavy atom. The molecule has 8 heteroatoms. The summed E-state index contributed by atoms with van der Waals surface area (Å²) in [5, 5.41) is 0. The number of anilines is 1. The summed E-state index contributed by atoms with van der Waals surface area (Å²) in [7, 11) is 0. The van der Waals surface area contributed by atoms with E-state index >= 15 is 0 Å². The highest BCUT2D eigenvalue weighted by atomic mass is 19.4. The van der Waals surface area contributed by atoms with Gasteiger partial charge >= 0.3 is 6.18 Å². The Hall–Kier alpha value is -3.29. The molecule has 0 unspecified atom stereocenters. The van der Waals surface area contributed by atoms with E-state index in [1.54, 1.807) is 11.1 Å². The van der Waals surface area contributed by atoms with Gasteiger partial charge in [0.1, 0.15) is 0 Å². The number of alkyl halides is 3. The summed E-state index contributed by atoms with van der Waals surface area (Å²) < 4.78 is 40.2. The number of imidazole rings is 1. The summed E-state index contributed by atoms with van der Waals surface area (Å²) in [5.41, 5.74) is 1.69.